The van der Waals surface area contributed by atoms with E-state index in [2.05, 4.69) is 17.2 Å². The molecule has 0 radical (unpaired) electrons. The lowest BCUT2D eigenvalue weighted by atomic mass is 9.99. The Morgan fingerprint density at radius 2 is 2.20 bits per heavy atom. The highest BCUT2D eigenvalue weighted by molar-refractivity contribution is 7.09. The molecule has 1 aliphatic rings. The van der Waals surface area contributed by atoms with Crippen LogP contribution in [0.2, 0.25) is 0 Å². The Bertz CT molecular complexity index is 358. The van der Waals surface area contributed by atoms with Crippen LogP contribution in [0, 0.1) is 0 Å². The normalized spacial score (nSPS) is 19.2. The van der Waals surface area contributed by atoms with E-state index in [4.69, 9.17) is 10.7 Å². The van der Waals surface area contributed by atoms with Crippen molar-refractivity contribution in [1.82, 2.24) is 9.88 Å². The van der Waals surface area contributed by atoms with Gasteiger partial charge in [0.1, 0.15) is 0 Å². The number of halogens is 2. The third kappa shape index (κ3) is 5.86. The van der Waals surface area contributed by atoms with E-state index >= 15 is 0 Å². The van der Waals surface area contributed by atoms with Crippen molar-refractivity contribution < 1.29 is 0 Å². The molecule has 6 heteroatoms. The molecule has 2 N–H and O–H groups in total. The molecule has 1 aromatic heterocycles. The van der Waals surface area contributed by atoms with Gasteiger partial charge in [-0.15, -0.1) is 36.2 Å². The molecule has 2 heterocycles. The van der Waals surface area contributed by atoms with Gasteiger partial charge in [-0.3, -0.25) is 4.90 Å². The Balaban J connectivity index is 0.00000180. The number of hydrogen-bond acceptors (Lipinski definition) is 4. The molecule has 0 saturated carbocycles. The van der Waals surface area contributed by atoms with Crippen LogP contribution in [0.1, 0.15) is 49.7 Å². The van der Waals surface area contributed by atoms with Crippen molar-refractivity contribution in [2.24, 2.45) is 5.73 Å². The average molecular weight is 340 g/mol. The van der Waals surface area contributed by atoms with E-state index in [0.29, 0.717) is 6.04 Å². The Kier molecular flexibility index (Phi) is 10.9. The molecule has 2 rings (SSSR count). The van der Waals surface area contributed by atoms with Crippen LogP contribution < -0.4 is 5.73 Å². The van der Waals surface area contributed by atoms with Gasteiger partial charge in [-0.1, -0.05) is 13.3 Å². The van der Waals surface area contributed by atoms with Gasteiger partial charge in [0, 0.05) is 18.0 Å². The van der Waals surface area contributed by atoms with Crippen molar-refractivity contribution in [2.75, 3.05) is 13.1 Å². The van der Waals surface area contributed by atoms with Gasteiger partial charge in [0.2, 0.25) is 0 Å². The van der Waals surface area contributed by atoms with Crippen molar-refractivity contribution in [3.8, 4) is 0 Å². The Hall–Kier alpha value is 0.130. The van der Waals surface area contributed by atoms with E-state index in [1.807, 2.05) is 11.3 Å². The summed E-state index contributed by atoms with van der Waals surface area (Å²) in [6.07, 6.45) is 7.44. The lowest BCUT2D eigenvalue weighted by Crippen LogP contribution is -2.40. The van der Waals surface area contributed by atoms with Crippen molar-refractivity contribution in [1.29, 1.82) is 0 Å². The SMILES string of the molecule is CCCc1nc(CN2CCCCC2CCN)cs1.Cl.Cl. The summed E-state index contributed by atoms with van der Waals surface area (Å²) in [5.41, 5.74) is 6.98. The van der Waals surface area contributed by atoms with Crippen LogP contribution in [-0.2, 0) is 13.0 Å². The fourth-order valence-electron chi connectivity index (χ4n) is 2.75. The van der Waals surface area contributed by atoms with Gasteiger partial charge in [0.25, 0.3) is 0 Å². The van der Waals surface area contributed by atoms with Gasteiger partial charge in [-0.25, -0.2) is 4.98 Å². The molecule has 0 aliphatic carbocycles. The first kappa shape index (κ1) is 20.1. The molecule has 0 spiro atoms. The summed E-state index contributed by atoms with van der Waals surface area (Å²) >= 11 is 1.81. The summed E-state index contributed by atoms with van der Waals surface area (Å²) < 4.78 is 0. The van der Waals surface area contributed by atoms with Gasteiger partial charge in [-0.2, -0.15) is 0 Å². The number of likely N-dealkylation sites (tertiary alicyclic amines) is 1. The molecular formula is C14H27Cl2N3S. The van der Waals surface area contributed by atoms with Gasteiger partial charge in [0.15, 0.2) is 0 Å². The molecule has 1 unspecified atom stereocenters. The number of thiazole rings is 1. The van der Waals surface area contributed by atoms with Crippen LogP contribution in [0.3, 0.4) is 0 Å². The molecule has 1 atom stereocenters. The van der Waals surface area contributed by atoms with Crippen LogP contribution in [0.5, 0.6) is 0 Å². The highest BCUT2D eigenvalue weighted by Crippen LogP contribution is 2.22. The molecule has 118 valence electrons. The number of rotatable bonds is 6. The Morgan fingerprint density at radius 1 is 1.40 bits per heavy atom. The van der Waals surface area contributed by atoms with Crippen LogP contribution in [0.25, 0.3) is 0 Å². The van der Waals surface area contributed by atoms with Crippen molar-refractivity contribution in [2.45, 2.75) is 58.0 Å². The quantitative estimate of drug-likeness (QED) is 0.860. The molecule has 0 amide bonds. The predicted octanol–water partition coefficient (Wildman–Crippen LogP) is 3.64. The predicted molar refractivity (Wildman–Crippen MR) is 92.3 cm³/mol. The standard InChI is InChI=1S/C14H25N3S.2ClH/c1-2-5-14-16-12(11-18-14)10-17-9-4-3-6-13(17)7-8-15;;/h11,13H,2-10,15H2,1H3;2*1H. The van der Waals surface area contributed by atoms with E-state index < -0.39 is 0 Å². The Labute approximate surface area is 139 Å². The van der Waals surface area contributed by atoms with Crippen LogP contribution in [0.4, 0.5) is 0 Å². The van der Waals surface area contributed by atoms with Gasteiger partial charge in [0.05, 0.1) is 10.7 Å². The van der Waals surface area contributed by atoms with E-state index in [9.17, 15) is 0 Å². The number of piperidine rings is 1. The van der Waals surface area contributed by atoms with Crippen molar-refractivity contribution in [3.05, 3.63) is 16.1 Å². The van der Waals surface area contributed by atoms with E-state index in [1.165, 1.54) is 42.9 Å². The topological polar surface area (TPSA) is 42.2 Å². The van der Waals surface area contributed by atoms with E-state index in [1.54, 1.807) is 0 Å². The summed E-state index contributed by atoms with van der Waals surface area (Å²) in [6, 6.07) is 0.681. The van der Waals surface area contributed by atoms with Crippen molar-refractivity contribution in [3.63, 3.8) is 0 Å². The lowest BCUT2D eigenvalue weighted by Gasteiger charge is -2.35. The molecule has 1 fully saturated rings. The fraction of sp³-hybridized carbons (Fsp3) is 0.786. The summed E-state index contributed by atoms with van der Waals surface area (Å²) in [5, 5.41) is 3.53. The second-order valence-electron chi connectivity index (χ2n) is 5.18. The van der Waals surface area contributed by atoms with Crippen LogP contribution >= 0.6 is 36.2 Å². The maximum absolute atomic E-state index is 5.72. The zero-order valence-electron chi connectivity index (χ0n) is 12.2. The molecule has 0 aromatic carbocycles. The maximum Gasteiger partial charge on any atom is 0.0928 e. The van der Waals surface area contributed by atoms with Crippen molar-refractivity contribution >= 4 is 36.2 Å². The first-order valence-corrected chi connectivity index (χ1v) is 8.08. The van der Waals surface area contributed by atoms with E-state index in [-0.39, 0.29) is 24.8 Å². The van der Waals surface area contributed by atoms with E-state index in [0.717, 1.165) is 25.9 Å². The molecule has 1 aromatic rings. The number of hydrogen-bond donors (Lipinski definition) is 1. The summed E-state index contributed by atoms with van der Waals surface area (Å²) in [6.45, 7) is 5.25. The lowest BCUT2D eigenvalue weighted by molar-refractivity contribution is 0.132. The second kappa shape index (κ2) is 10.8. The summed E-state index contributed by atoms with van der Waals surface area (Å²) in [7, 11) is 0. The minimum Gasteiger partial charge on any atom is -0.330 e. The fourth-order valence-corrected chi connectivity index (χ4v) is 3.64. The zero-order valence-corrected chi connectivity index (χ0v) is 14.7. The van der Waals surface area contributed by atoms with Crippen LogP contribution in [0.15, 0.2) is 5.38 Å². The average Bonchev–Trinajstić information content (AvgIpc) is 2.80. The molecule has 0 bridgehead atoms. The van der Waals surface area contributed by atoms with Gasteiger partial charge >= 0.3 is 0 Å². The Morgan fingerprint density at radius 3 is 2.90 bits per heavy atom. The number of aryl methyl sites for hydroxylation is 1. The molecular weight excluding hydrogens is 313 g/mol. The molecule has 1 saturated heterocycles. The van der Waals surface area contributed by atoms with Crippen LogP contribution in [-0.4, -0.2) is 29.0 Å². The molecule has 1 aliphatic heterocycles. The third-order valence-electron chi connectivity index (χ3n) is 3.68. The minimum atomic E-state index is 0. The zero-order chi connectivity index (χ0) is 12.8. The smallest absolute Gasteiger partial charge is 0.0928 e. The maximum atomic E-state index is 5.72. The number of nitrogens with zero attached hydrogens (tertiary/aromatic N) is 2. The molecule has 20 heavy (non-hydrogen) atoms. The third-order valence-corrected chi connectivity index (χ3v) is 4.63. The number of aromatic nitrogens is 1. The van der Waals surface area contributed by atoms with Gasteiger partial charge in [-0.05, 0) is 45.2 Å². The monoisotopic (exact) mass is 339 g/mol. The first-order valence-electron chi connectivity index (χ1n) is 7.21. The minimum absolute atomic E-state index is 0. The highest BCUT2D eigenvalue weighted by atomic mass is 35.5. The summed E-state index contributed by atoms with van der Waals surface area (Å²) in [4.78, 5) is 7.32. The largest absolute Gasteiger partial charge is 0.330 e. The summed E-state index contributed by atoms with van der Waals surface area (Å²) in [5.74, 6) is 0. The highest BCUT2D eigenvalue weighted by Gasteiger charge is 2.22. The molecule has 3 nitrogen and oxygen atoms in total. The number of nitrogens with two attached hydrogens (primary N) is 1. The van der Waals surface area contributed by atoms with Gasteiger partial charge < -0.3 is 5.73 Å². The second-order valence-corrected chi connectivity index (χ2v) is 6.12. The first-order chi connectivity index (χ1) is 8.83.